The van der Waals surface area contributed by atoms with Gasteiger partial charge in [-0.25, -0.2) is 0 Å². The van der Waals surface area contributed by atoms with Gasteiger partial charge >= 0.3 is 0 Å². The van der Waals surface area contributed by atoms with Crippen molar-refractivity contribution in [1.82, 2.24) is 9.80 Å². The minimum Gasteiger partial charge on any atom is -0.329 e. The minimum absolute atomic E-state index is 0.241. The molecule has 0 bridgehead atoms. The van der Waals surface area contributed by atoms with Crippen molar-refractivity contribution in [2.45, 2.75) is 51.7 Å². The van der Waals surface area contributed by atoms with Crippen molar-refractivity contribution in [3.05, 3.63) is 69.7 Å². The van der Waals surface area contributed by atoms with Crippen LogP contribution in [0, 0.1) is 16.7 Å². The summed E-state index contributed by atoms with van der Waals surface area (Å²) in [6.07, 6.45) is 1.37. The lowest BCUT2D eigenvalue weighted by Gasteiger charge is -2.39. The molecule has 0 aromatic heterocycles. The van der Waals surface area contributed by atoms with E-state index in [9.17, 15) is 19.6 Å². The van der Waals surface area contributed by atoms with E-state index in [1.807, 2.05) is 38.1 Å². The number of amides is 3. The number of benzene rings is 2. The summed E-state index contributed by atoms with van der Waals surface area (Å²) in [5, 5.41) is 9.79. The lowest BCUT2D eigenvalue weighted by atomic mass is 9.84. The van der Waals surface area contributed by atoms with E-state index >= 15 is 0 Å². The monoisotopic (exact) mass is 493 g/mol. The van der Waals surface area contributed by atoms with Crippen LogP contribution in [-0.4, -0.2) is 39.6 Å². The van der Waals surface area contributed by atoms with Crippen LogP contribution in [0.15, 0.2) is 53.0 Å². The van der Waals surface area contributed by atoms with Gasteiger partial charge in [0, 0.05) is 4.47 Å². The van der Waals surface area contributed by atoms with Crippen molar-refractivity contribution in [3.8, 4) is 6.07 Å². The van der Waals surface area contributed by atoms with E-state index in [4.69, 9.17) is 0 Å². The highest BCUT2D eigenvalue weighted by molar-refractivity contribution is 9.10. The van der Waals surface area contributed by atoms with Crippen LogP contribution >= 0.6 is 15.9 Å². The highest BCUT2D eigenvalue weighted by atomic mass is 79.9. The van der Waals surface area contributed by atoms with Crippen LogP contribution in [0.4, 0.5) is 0 Å². The number of likely N-dealkylation sites (tertiary alicyclic amines) is 1. The van der Waals surface area contributed by atoms with Crippen LogP contribution in [-0.2, 0) is 4.79 Å². The Morgan fingerprint density at radius 2 is 1.72 bits per heavy atom. The number of rotatable bonds is 4. The van der Waals surface area contributed by atoms with Crippen LogP contribution in [0.5, 0.6) is 0 Å². The summed E-state index contributed by atoms with van der Waals surface area (Å²) in [5.74, 6) is -1.24. The molecule has 2 aliphatic rings. The largest absolute Gasteiger partial charge is 0.329 e. The third-order valence-corrected chi connectivity index (χ3v) is 7.06. The first-order valence-corrected chi connectivity index (χ1v) is 11.4. The quantitative estimate of drug-likeness (QED) is 0.577. The molecular weight excluding hydrogens is 470 g/mol. The Morgan fingerprint density at radius 1 is 1.09 bits per heavy atom. The molecule has 32 heavy (non-hydrogen) atoms. The summed E-state index contributed by atoms with van der Waals surface area (Å²) in [7, 11) is 0. The van der Waals surface area contributed by atoms with Gasteiger partial charge in [0.2, 0.25) is 5.91 Å². The highest BCUT2D eigenvalue weighted by Crippen LogP contribution is 2.44. The van der Waals surface area contributed by atoms with Crippen molar-refractivity contribution in [1.29, 1.82) is 5.26 Å². The van der Waals surface area contributed by atoms with E-state index < -0.39 is 23.3 Å². The summed E-state index contributed by atoms with van der Waals surface area (Å²) in [6, 6.07) is 15.2. The minimum atomic E-state index is -0.979. The topological polar surface area (TPSA) is 81.5 Å². The second kappa shape index (κ2) is 8.18. The van der Waals surface area contributed by atoms with Crippen LogP contribution in [0.2, 0.25) is 0 Å². The van der Waals surface area contributed by atoms with Gasteiger partial charge in [0.25, 0.3) is 11.8 Å². The summed E-state index contributed by atoms with van der Waals surface area (Å²) in [4.78, 5) is 42.6. The molecule has 2 heterocycles. The van der Waals surface area contributed by atoms with Gasteiger partial charge in [-0.05, 0) is 63.4 Å². The molecule has 0 N–H and O–H groups in total. The molecule has 3 amide bonds. The number of halogens is 1. The number of nitriles is 1. The van der Waals surface area contributed by atoms with Gasteiger partial charge in [0.05, 0.1) is 34.7 Å². The number of imide groups is 1. The second-order valence-electron chi connectivity index (χ2n) is 8.94. The number of hydrogen-bond donors (Lipinski definition) is 0. The van der Waals surface area contributed by atoms with Crippen molar-refractivity contribution < 1.29 is 14.4 Å². The Morgan fingerprint density at radius 3 is 2.28 bits per heavy atom. The summed E-state index contributed by atoms with van der Waals surface area (Å²) < 4.78 is 0.902. The first-order valence-electron chi connectivity index (χ1n) is 10.6. The molecule has 1 fully saturated rings. The molecule has 164 valence electrons. The molecule has 0 spiro atoms. The molecule has 2 aliphatic heterocycles. The Bertz CT molecular complexity index is 1120. The average Bonchev–Trinajstić information content (AvgIpc) is 3.34. The predicted molar refractivity (Wildman–Crippen MR) is 123 cm³/mol. The number of fused-ring (bicyclic) bond motifs is 1. The van der Waals surface area contributed by atoms with Crippen molar-refractivity contribution in [2.75, 3.05) is 0 Å². The molecule has 7 heteroatoms. The zero-order valence-corrected chi connectivity index (χ0v) is 19.8. The third-order valence-electron chi connectivity index (χ3n) is 6.56. The standard InChI is InChI=1S/C25H24BrN3O3/c1-15(28-23(31)18-9-4-5-10-19(18)24(28)32)22(30)29-20(16-7-6-8-17(26)13-16)11-12-21(29)25(2,3)14-27/h4-10,13,15,20-21H,11-12H2,1-3H3/t15?,20-,21+/m0/s1. The second-order valence-corrected chi connectivity index (χ2v) is 9.86. The van der Waals surface area contributed by atoms with Gasteiger partial charge in [-0.1, -0.05) is 40.2 Å². The Kier molecular flexibility index (Phi) is 5.68. The SMILES string of the molecule is CC(C(=O)N1[C@H](c2cccc(Br)c2)CC[C@@H]1C(C)(C)C#N)N1C(=O)c2ccccc2C1=O. The molecule has 4 rings (SSSR count). The molecule has 0 saturated carbocycles. The Balaban J connectivity index is 1.72. The van der Waals surface area contributed by atoms with Gasteiger partial charge in [-0.3, -0.25) is 19.3 Å². The maximum atomic E-state index is 13.9. The fourth-order valence-electron chi connectivity index (χ4n) is 4.83. The smallest absolute Gasteiger partial charge is 0.262 e. The molecule has 0 aliphatic carbocycles. The number of nitrogens with zero attached hydrogens (tertiary/aromatic N) is 3. The van der Waals surface area contributed by atoms with Gasteiger partial charge in [0.1, 0.15) is 6.04 Å². The van der Waals surface area contributed by atoms with Crippen molar-refractivity contribution in [2.24, 2.45) is 5.41 Å². The molecule has 6 nitrogen and oxygen atoms in total. The summed E-state index contributed by atoms with van der Waals surface area (Å²) in [6.45, 7) is 5.25. The Labute approximate surface area is 195 Å². The van der Waals surface area contributed by atoms with Crippen LogP contribution < -0.4 is 0 Å². The van der Waals surface area contributed by atoms with Gasteiger partial charge in [-0.2, -0.15) is 5.26 Å². The molecule has 2 aromatic rings. The highest BCUT2D eigenvalue weighted by Gasteiger charge is 2.49. The fraction of sp³-hybridized carbons (Fsp3) is 0.360. The molecule has 1 saturated heterocycles. The zero-order chi connectivity index (χ0) is 23.2. The van der Waals surface area contributed by atoms with Gasteiger partial charge in [-0.15, -0.1) is 0 Å². The van der Waals surface area contributed by atoms with E-state index in [2.05, 4.69) is 22.0 Å². The van der Waals surface area contributed by atoms with Crippen molar-refractivity contribution in [3.63, 3.8) is 0 Å². The number of hydrogen-bond acceptors (Lipinski definition) is 4. The molecule has 1 unspecified atom stereocenters. The molecule has 0 radical (unpaired) electrons. The zero-order valence-electron chi connectivity index (χ0n) is 18.2. The van der Waals surface area contributed by atoms with E-state index in [0.717, 1.165) is 14.9 Å². The van der Waals surface area contributed by atoms with Gasteiger partial charge < -0.3 is 4.90 Å². The lowest BCUT2D eigenvalue weighted by Crippen LogP contribution is -2.53. The summed E-state index contributed by atoms with van der Waals surface area (Å²) >= 11 is 3.50. The van der Waals surface area contributed by atoms with E-state index in [-0.39, 0.29) is 18.0 Å². The predicted octanol–water partition coefficient (Wildman–Crippen LogP) is 4.72. The molecular formula is C25H24BrN3O3. The van der Waals surface area contributed by atoms with E-state index in [1.54, 1.807) is 36.1 Å². The molecule has 2 aromatic carbocycles. The number of carbonyl (C=O) groups excluding carboxylic acids is 3. The van der Waals surface area contributed by atoms with E-state index in [1.165, 1.54) is 0 Å². The van der Waals surface area contributed by atoms with Crippen molar-refractivity contribution >= 4 is 33.7 Å². The normalized spacial score (nSPS) is 21.5. The number of carbonyl (C=O) groups is 3. The first kappa shape index (κ1) is 22.2. The maximum absolute atomic E-state index is 13.9. The lowest BCUT2D eigenvalue weighted by molar-refractivity contribution is -0.139. The molecule has 3 atom stereocenters. The van der Waals surface area contributed by atoms with Gasteiger partial charge in [0.15, 0.2) is 0 Å². The average molecular weight is 494 g/mol. The Hall–Kier alpha value is -2.98. The van der Waals surface area contributed by atoms with E-state index in [0.29, 0.717) is 24.0 Å². The summed E-state index contributed by atoms with van der Waals surface area (Å²) in [5.41, 5.74) is 0.809. The van der Waals surface area contributed by atoms with Crippen LogP contribution in [0.1, 0.15) is 65.9 Å². The fourth-order valence-corrected chi connectivity index (χ4v) is 5.25. The third kappa shape index (κ3) is 3.53. The van der Waals surface area contributed by atoms with Crippen LogP contribution in [0.3, 0.4) is 0 Å². The maximum Gasteiger partial charge on any atom is 0.262 e. The first-order chi connectivity index (χ1) is 15.2. The van der Waals surface area contributed by atoms with Crippen LogP contribution in [0.25, 0.3) is 0 Å².